The maximum absolute atomic E-state index is 13.8. The number of rotatable bonds is 5. The minimum atomic E-state index is -2.26. The first-order valence-electron chi connectivity index (χ1n) is 9.61. The van der Waals surface area contributed by atoms with Crippen LogP contribution in [0.3, 0.4) is 0 Å². The number of hydrogen-bond donors (Lipinski definition) is 0. The summed E-state index contributed by atoms with van der Waals surface area (Å²) in [5.74, 6) is -11.3. The normalized spacial score (nSPS) is 13.6. The number of esters is 1. The highest BCUT2D eigenvalue weighted by Crippen LogP contribution is 2.35. The number of benzene rings is 3. The Hall–Kier alpha value is -4.21. The molecular formula is C24H13F5O5. The van der Waals surface area contributed by atoms with Gasteiger partial charge < -0.3 is 14.2 Å². The molecule has 1 aliphatic rings. The fraction of sp³-hybridized carbons (Fsp3) is 0.0833. The molecule has 0 aromatic heterocycles. The van der Waals surface area contributed by atoms with E-state index in [0.717, 1.165) is 0 Å². The van der Waals surface area contributed by atoms with E-state index in [9.17, 15) is 31.5 Å². The molecule has 0 spiro atoms. The summed E-state index contributed by atoms with van der Waals surface area (Å²) in [5, 5.41) is 0. The lowest BCUT2D eigenvalue weighted by molar-refractivity contribution is 0.0600. The van der Waals surface area contributed by atoms with E-state index in [1.54, 1.807) is 12.1 Å². The Morgan fingerprint density at radius 2 is 1.53 bits per heavy atom. The fourth-order valence-corrected chi connectivity index (χ4v) is 3.17. The van der Waals surface area contributed by atoms with Gasteiger partial charge in [0, 0.05) is 6.07 Å². The Morgan fingerprint density at radius 3 is 2.15 bits per heavy atom. The lowest BCUT2D eigenvalue weighted by atomic mass is 10.1. The van der Waals surface area contributed by atoms with Crippen molar-refractivity contribution in [2.75, 3.05) is 7.11 Å². The molecule has 1 aliphatic heterocycles. The summed E-state index contributed by atoms with van der Waals surface area (Å²) in [6.07, 6.45) is 1.44. The molecule has 3 aromatic rings. The average Bonchev–Trinajstić information content (AvgIpc) is 3.15. The quantitative estimate of drug-likeness (QED) is 0.163. The van der Waals surface area contributed by atoms with Gasteiger partial charge in [-0.3, -0.25) is 4.79 Å². The van der Waals surface area contributed by atoms with Gasteiger partial charge in [0.25, 0.3) is 0 Å². The Bertz CT molecular complexity index is 1320. The topological polar surface area (TPSA) is 61.8 Å². The smallest absolute Gasteiger partial charge is 0.337 e. The van der Waals surface area contributed by atoms with Crippen molar-refractivity contribution >= 4 is 17.8 Å². The van der Waals surface area contributed by atoms with Crippen LogP contribution in [0.15, 0.2) is 48.2 Å². The number of Topliss-reactive ketones (excluding diaryl/α,β-unsaturated/α-hetero) is 1. The minimum absolute atomic E-state index is 0.0285. The number of carbonyl (C=O) groups excluding carboxylic acids is 2. The molecule has 10 heteroatoms. The van der Waals surface area contributed by atoms with E-state index in [1.807, 2.05) is 0 Å². The standard InChI is InChI=1S/C24H13F5O5/c1-32-24(31)12-4-2-11(3-5-12)8-17-23(30)14-7-6-13(9-16(14)34-17)33-10-15-18(25)20(27)22(29)21(28)19(15)26/h2-9H,10H2,1H3. The molecule has 0 aliphatic carbocycles. The van der Waals surface area contributed by atoms with E-state index in [0.29, 0.717) is 11.1 Å². The van der Waals surface area contributed by atoms with Crippen molar-refractivity contribution in [1.29, 1.82) is 0 Å². The number of carbonyl (C=O) groups is 2. The average molecular weight is 476 g/mol. The first kappa shape index (κ1) is 23.0. The van der Waals surface area contributed by atoms with Crippen LogP contribution >= 0.6 is 0 Å². The summed E-state index contributed by atoms with van der Waals surface area (Å²) in [5.41, 5.74) is -0.0697. The first-order chi connectivity index (χ1) is 16.2. The third-order valence-electron chi connectivity index (χ3n) is 4.95. The SMILES string of the molecule is COC(=O)c1ccc(C=C2Oc3cc(OCc4c(F)c(F)c(F)c(F)c4F)ccc3C2=O)cc1. The first-order valence-corrected chi connectivity index (χ1v) is 9.61. The van der Waals surface area contributed by atoms with E-state index < -0.39 is 53.0 Å². The summed E-state index contributed by atoms with van der Waals surface area (Å²) in [7, 11) is 1.25. The molecule has 0 N–H and O–H groups in total. The number of hydrogen-bond acceptors (Lipinski definition) is 5. The molecular weight excluding hydrogens is 463 g/mol. The molecule has 0 amide bonds. The molecule has 0 radical (unpaired) electrons. The molecule has 0 saturated carbocycles. The van der Waals surface area contributed by atoms with E-state index >= 15 is 0 Å². The van der Waals surface area contributed by atoms with Gasteiger partial charge in [-0.15, -0.1) is 0 Å². The van der Waals surface area contributed by atoms with E-state index in [1.165, 1.54) is 43.5 Å². The molecule has 0 saturated heterocycles. The van der Waals surface area contributed by atoms with Gasteiger partial charge in [-0.25, -0.2) is 26.7 Å². The van der Waals surface area contributed by atoms with E-state index in [2.05, 4.69) is 4.74 Å². The molecule has 4 rings (SSSR count). The van der Waals surface area contributed by atoms with Crippen LogP contribution in [0.2, 0.25) is 0 Å². The molecule has 5 nitrogen and oxygen atoms in total. The van der Waals surface area contributed by atoms with Gasteiger partial charge in [-0.1, -0.05) is 12.1 Å². The Labute approximate surface area is 189 Å². The second kappa shape index (κ2) is 8.97. The monoisotopic (exact) mass is 476 g/mol. The van der Waals surface area contributed by atoms with Gasteiger partial charge in [0.05, 0.1) is 23.8 Å². The van der Waals surface area contributed by atoms with Gasteiger partial charge in [0.1, 0.15) is 18.1 Å². The third kappa shape index (κ3) is 4.09. The van der Waals surface area contributed by atoms with Crippen molar-refractivity contribution < 1.29 is 45.8 Å². The zero-order chi connectivity index (χ0) is 24.6. The molecule has 34 heavy (non-hydrogen) atoms. The van der Waals surface area contributed by atoms with Crippen LogP contribution in [0, 0.1) is 29.1 Å². The number of fused-ring (bicyclic) bond motifs is 1. The summed E-state index contributed by atoms with van der Waals surface area (Å²) in [4.78, 5) is 24.1. The molecule has 174 valence electrons. The Morgan fingerprint density at radius 1 is 0.912 bits per heavy atom. The number of ketones is 1. The zero-order valence-electron chi connectivity index (χ0n) is 17.3. The predicted octanol–water partition coefficient (Wildman–Crippen LogP) is 5.36. The number of allylic oxidation sites excluding steroid dienone is 1. The zero-order valence-corrected chi connectivity index (χ0v) is 17.3. The number of methoxy groups -OCH3 is 1. The number of ether oxygens (including phenoxy) is 3. The number of halogens is 5. The largest absolute Gasteiger partial charge is 0.489 e. The van der Waals surface area contributed by atoms with Crippen LogP contribution in [0.25, 0.3) is 6.08 Å². The predicted molar refractivity (Wildman–Crippen MR) is 108 cm³/mol. The molecule has 0 bridgehead atoms. The summed E-state index contributed by atoms with van der Waals surface area (Å²) < 4.78 is 82.8. The van der Waals surface area contributed by atoms with Crippen LogP contribution in [-0.4, -0.2) is 18.9 Å². The molecule has 1 heterocycles. The third-order valence-corrected chi connectivity index (χ3v) is 4.95. The van der Waals surface area contributed by atoms with Crippen LogP contribution in [0.5, 0.6) is 11.5 Å². The lowest BCUT2D eigenvalue weighted by Crippen LogP contribution is -2.09. The van der Waals surface area contributed by atoms with Crippen molar-refractivity contribution in [3.8, 4) is 11.5 Å². The summed E-state index contributed by atoms with van der Waals surface area (Å²) in [6.45, 7) is -0.951. The van der Waals surface area contributed by atoms with Gasteiger partial charge in [0.2, 0.25) is 11.6 Å². The second-order valence-corrected chi connectivity index (χ2v) is 7.05. The van der Waals surface area contributed by atoms with E-state index in [-0.39, 0.29) is 22.8 Å². The van der Waals surface area contributed by atoms with Crippen molar-refractivity contribution in [1.82, 2.24) is 0 Å². The van der Waals surface area contributed by atoms with Crippen LogP contribution in [0.1, 0.15) is 31.8 Å². The van der Waals surface area contributed by atoms with Crippen LogP contribution in [0.4, 0.5) is 22.0 Å². The summed E-state index contributed by atoms with van der Waals surface area (Å²) >= 11 is 0. The highest BCUT2D eigenvalue weighted by atomic mass is 19.2. The van der Waals surface area contributed by atoms with Gasteiger partial charge in [-0.2, -0.15) is 0 Å². The Balaban J connectivity index is 1.52. The van der Waals surface area contributed by atoms with Crippen molar-refractivity contribution in [2.24, 2.45) is 0 Å². The maximum Gasteiger partial charge on any atom is 0.337 e. The van der Waals surface area contributed by atoms with Gasteiger partial charge >= 0.3 is 5.97 Å². The van der Waals surface area contributed by atoms with Crippen molar-refractivity contribution in [3.63, 3.8) is 0 Å². The molecule has 0 fully saturated rings. The second-order valence-electron chi connectivity index (χ2n) is 7.05. The van der Waals surface area contributed by atoms with Crippen LogP contribution in [-0.2, 0) is 11.3 Å². The van der Waals surface area contributed by atoms with Gasteiger partial charge in [-0.05, 0) is 35.9 Å². The molecule has 0 atom stereocenters. The van der Waals surface area contributed by atoms with Gasteiger partial charge in [0.15, 0.2) is 29.0 Å². The van der Waals surface area contributed by atoms with Crippen molar-refractivity contribution in [2.45, 2.75) is 6.61 Å². The maximum atomic E-state index is 13.8. The Kier molecular flexibility index (Phi) is 6.06. The fourth-order valence-electron chi connectivity index (χ4n) is 3.17. The molecule has 3 aromatic carbocycles. The van der Waals surface area contributed by atoms with Crippen molar-refractivity contribution in [3.05, 3.63) is 99.6 Å². The van der Waals surface area contributed by atoms with E-state index in [4.69, 9.17) is 9.47 Å². The van der Waals surface area contributed by atoms with Crippen LogP contribution < -0.4 is 9.47 Å². The summed E-state index contributed by atoms with van der Waals surface area (Å²) in [6, 6.07) is 10.1. The highest BCUT2D eigenvalue weighted by molar-refractivity contribution is 6.14. The minimum Gasteiger partial charge on any atom is -0.489 e. The molecule has 0 unspecified atom stereocenters. The lowest BCUT2D eigenvalue weighted by Gasteiger charge is -2.10. The highest BCUT2D eigenvalue weighted by Gasteiger charge is 2.29.